The van der Waals surface area contributed by atoms with Gasteiger partial charge in [-0.15, -0.1) is 0 Å². The molecule has 0 aromatic heterocycles. The number of rotatable bonds is 5. The Hall–Kier alpha value is -1.60. The van der Waals surface area contributed by atoms with Crippen molar-refractivity contribution in [3.8, 4) is 5.75 Å². The molecule has 7 heteroatoms. The van der Waals surface area contributed by atoms with Crippen molar-refractivity contribution in [2.75, 3.05) is 20.7 Å². The summed E-state index contributed by atoms with van der Waals surface area (Å²) >= 11 is 0. The molecule has 0 aliphatic rings. The fourth-order valence-electron chi connectivity index (χ4n) is 1.29. The topological polar surface area (TPSA) is 83.9 Å². The first-order valence-corrected chi connectivity index (χ1v) is 6.57. The van der Waals surface area contributed by atoms with E-state index in [1.54, 1.807) is 6.92 Å². The summed E-state index contributed by atoms with van der Waals surface area (Å²) in [5.74, 6) is -0.727. The summed E-state index contributed by atoms with van der Waals surface area (Å²) in [6.45, 7) is 1.20. The zero-order chi connectivity index (χ0) is 13.9. The number of aliphatic carboxylic acids is 1. The third kappa shape index (κ3) is 3.21. The van der Waals surface area contributed by atoms with Gasteiger partial charge < -0.3 is 9.84 Å². The van der Waals surface area contributed by atoms with Crippen LogP contribution in [0.2, 0.25) is 0 Å². The molecule has 6 nitrogen and oxygen atoms in total. The van der Waals surface area contributed by atoms with Crippen LogP contribution in [0.1, 0.15) is 5.56 Å². The monoisotopic (exact) mass is 273 g/mol. The van der Waals surface area contributed by atoms with Gasteiger partial charge in [0.05, 0.1) is 4.90 Å². The van der Waals surface area contributed by atoms with E-state index in [-0.39, 0.29) is 4.90 Å². The Bertz CT molecular complexity index is 551. The van der Waals surface area contributed by atoms with Gasteiger partial charge in [0.15, 0.2) is 6.61 Å². The molecule has 0 unspecified atom stereocenters. The number of benzene rings is 1. The molecule has 1 N–H and O–H groups in total. The van der Waals surface area contributed by atoms with E-state index >= 15 is 0 Å². The Morgan fingerprint density at radius 3 is 2.44 bits per heavy atom. The lowest BCUT2D eigenvalue weighted by Gasteiger charge is -2.13. The van der Waals surface area contributed by atoms with Gasteiger partial charge in [0.2, 0.25) is 10.0 Å². The first kappa shape index (κ1) is 14.5. The lowest BCUT2D eigenvalue weighted by Crippen LogP contribution is -2.22. The van der Waals surface area contributed by atoms with Crippen LogP contribution in [0.5, 0.6) is 5.75 Å². The van der Waals surface area contributed by atoms with E-state index in [0.717, 1.165) is 4.31 Å². The molecular weight excluding hydrogens is 258 g/mol. The minimum Gasteiger partial charge on any atom is -0.482 e. The van der Waals surface area contributed by atoms with Crippen molar-refractivity contribution in [1.29, 1.82) is 0 Å². The Labute approximate surface area is 106 Å². The van der Waals surface area contributed by atoms with Gasteiger partial charge in [0.25, 0.3) is 0 Å². The molecule has 0 fully saturated rings. The van der Waals surface area contributed by atoms with E-state index in [0.29, 0.717) is 11.3 Å². The number of sulfonamides is 1. The van der Waals surface area contributed by atoms with Crippen molar-refractivity contribution in [3.63, 3.8) is 0 Å². The molecule has 0 saturated carbocycles. The number of carboxylic acid groups (broad SMARTS) is 1. The van der Waals surface area contributed by atoms with Crippen LogP contribution < -0.4 is 4.74 Å². The second-order valence-corrected chi connectivity index (χ2v) is 6.05. The van der Waals surface area contributed by atoms with Gasteiger partial charge in [-0.3, -0.25) is 0 Å². The van der Waals surface area contributed by atoms with Crippen LogP contribution in [0.4, 0.5) is 0 Å². The summed E-state index contributed by atoms with van der Waals surface area (Å²) < 4.78 is 29.8. The van der Waals surface area contributed by atoms with Gasteiger partial charge in [-0.05, 0) is 30.7 Å². The standard InChI is InChI=1S/C11H15NO5S/c1-8-6-9(18(15,16)12(2)3)4-5-10(8)17-7-11(13)14/h4-6H,7H2,1-3H3,(H,13,14). The summed E-state index contributed by atoms with van der Waals surface area (Å²) in [6, 6.07) is 4.29. The predicted octanol–water partition coefficient (Wildman–Crippen LogP) is 0.709. The van der Waals surface area contributed by atoms with E-state index in [1.165, 1.54) is 32.3 Å². The van der Waals surface area contributed by atoms with E-state index in [4.69, 9.17) is 9.84 Å². The first-order valence-electron chi connectivity index (χ1n) is 5.13. The van der Waals surface area contributed by atoms with Crippen molar-refractivity contribution < 1.29 is 23.1 Å². The van der Waals surface area contributed by atoms with Crippen molar-refractivity contribution in [2.24, 2.45) is 0 Å². The number of aryl methyl sites for hydroxylation is 1. The third-order valence-electron chi connectivity index (χ3n) is 2.28. The molecular formula is C11H15NO5S. The fourth-order valence-corrected chi connectivity index (χ4v) is 2.28. The molecule has 1 aromatic carbocycles. The highest BCUT2D eigenvalue weighted by Gasteiger charge is 2.18. The molecule has 0 amide bonds. The molecule has 0 spiro atoms. The van der Waals surface area contributed by atoms with Gasteiger partial charge in [-0.2, -0.15) is 0 Å². The number of carboxylic acids is 1. The third-order valence-corrected chi connectivity index (χ3v) is 4.09. The zero-order valence-electron chi connectivity index (χ0n) is 10.4. The van der Waals surface area contributed by atoms with Crippen molar-refractivity contribution in [1.82, 2.24) is 4.31 Å². The van der Waals surface area contributed by atoms with E-state index in [2.05, 4.69) is 0 Å². The molecule has 0 atom stereocenters. The molecule has 0 aliphatic heterocycles. The summed E-state index contributed by atoms with van der Waals surface area (Å²) in [5, 5.41) is 8.49. The van der Waals surface area contributed by atoms with Gasteiger partial charge in [-0.25, -0.2) is 17.5 Å². The molecule has 0 aliphatic carbocycles. The first-order chi connectivity index (χ1) is 8.25. The maximum Gasteiger partial charge on any atom is 0.341 e. The van der Waals surface area contributed by atoms with E-state index in [9.17, 15) is 13.2 Å². The summed E-state index contributed by atoms with van der Waals surface area (Å²) in [5.41, 5.74) is 0.569. The van der Waals surface area contributed by atoms with Crippen LogP contribution in [0.15, 0.2) is 23.1 Å². The Morgan fingerprint density at radius 2 is 2.00 bits per heavy atom. The number of ether oxygens (including phenoxy) is 1. The number of hydrogen-bond acceptors (Lipinski definition) is 4. The predicted molar refractivity (Wildman–Crippen MR) is 65.2 cm³/mol. The molecule has 0 radical (unpaired) electrons. The van der Waals surface area contributed by atoms with Crippen molar-refractivity contribution >= 4 is 16.0 Å². The second-order valence-electron chi connectivity index (χ2n) is 3.90. The average molecular weight is 273 g/mol. The van der Waals surface area contributed by atoms with Gasteiger partial charge in [-0.1, -0.05) is 0 Å². The molecule has 0 bridgehead atoms. The maximum atomic E-state index is 11.9. The molecule has 0 heterocycles. The van der Waals surface area contributed by atoms with Crippen LogP contribution in [0.25, 0.3) is 0 Å². The van der Waals surface area contributed by atoms with Crippen LogP contribution in [0, 0.1) is 6.92 Å². The summed E-state index contributed by atoms with van der Waals surface area (Å²) in [7, 11) is -0.598. The van der Waals surface area contributed by atoms with E-state index < -0.39 is 22.6 Å². The molecule has 18 heavy (non-hydrogen) atoms. The number of hydrogen-bond donors (Lipinski definition) is 1. The highest BCUT2D eigenvalue weighted by molar-refractivity contribution is 7.89. The summed E-state index contributed by atoms with van der Waals surface area (Å²) in [4.78, 5) is 10.5. The largest absolute Gasteiger partial charge is 0.482 e. The average Bonchev–Trinajstić information content (AvgIpc) is 2.26. The highest BCUT2D eigenvalue weighted by Crippen LogP contribution is 2.23. The Morgan fingerprint density at radius 1 is 1.39 bits per heavy atom. The smallest absolute Gasteiger partial charge is 0.341 e. The second kappa shape index (κ2) is 5.36. The van der Waals surface area contributed by atoms with Gasteiger partial charge in [0.1, 0.15) is 5.75 Å². The lowest BCUT2D eigenvalue weighted by molar-refractivity contribution is -0.139. The molecule has 0 saturated heterocycles. The van der Waals surface area contributed by atoms with E-state index in [1.807, 2.05) is 0 Å². The fraction of sp³-hybridized carbons (Fsp3) is 0.364. The molecule has 100 valence electrons. The number of nitrogens with zero attached hydrogens (tertiary/aromatic N) is 1. The van der Waals surface area contributed by atoms with Gasteiger partial charge >= 0.3 is 5.97 Å². The van der Waals surface area contributed by atoms with Crippen molar-refractivity contribution in [2.45, 2.75) is 11.8 Å². The summed E-state index contributed by atoms with van der Waals surface area (Å²) in [6.07, 6.45) is 0. The maximum absolute atomic E-state index is 11.9. The Kier molecular flexibility index (Phi) is 4.31. The van der Waals surface area contributed by atoms with Crippen LogP contribution in [-0.4, -0.2) is 44.5 Å². The Balaban J connectivity index is 3.03. The lowest BCUT2D eigenvalue weighted by atomic mass is 10.2. The number of carbonyl (C=O) groups is 1. The minimum absolute atomic E-state index is 0.146. The van der Waals surface area contributed by atoms with Crippen LogP contribution in [-0.2, 0) is 14.8 Å². The highest BCUT2D eigenvalue weighted by atomic mass is 32.2. The molecule has 1 aromatic rings. The van der Waals surface area contributed by atoms with Crippen LogP contribution >= 0.6 is 0 Å². The normalized spacial score (nSPS) is 11.6. The van der Waals surface area contributed by atoms with Crippen LogP contribution in [0.3, 0.4) is 0 Å². The minimum atomic E-state index is -3.49. The van der Waals surface area contributed by atoms with Crippen molar-refractivity contribution in [3.05, 3.63) is 23.8 Å². The SMILES string of the molecule is Cc1cc(S(=O)(=O)N(C)C)ccc1OCC(=O)O. The molecule has 1 rings (SSSR count). The van der Waals surface area contributed by atoms with Gasteiger partial charge in [0, 0.05) is 14.1 Å². The zero-order valence-corrected chi connectivity index (χ0v) is 11.2. The quantitative estimate of drug-likeness (QED) is 0.854.